The van der Waals surface area contributed by atoms with E-state index in [0.29, 0.717) is 18.2 Å². The van der Waals surface area contributed by atoms with Gasteiger partial charge in [-0.1, -0.05) is 6.92 Å². The maximum atomic E-state index is 13.1. The minimum Gasteiger partial charge on any atom is -0.478 e. The molecule has 0 amide bonds. The van der Waals surface area contributed by atoms with Gasteiger partial charge in [-0.25, -0.2) is 9.18 Å². The molecule has 0 aliphatic rings. The van der Waals surface area contributed by atoms with Crippen molar-refractivity contribution < 1.29 is 14.3 Å². The molecule has 0 saturated carbocycles. The SMILES string of the molecule is CCC(C)N(C)Cc1cc(F)ccc1C(=O)O. The van der Waals surface area contributed by atoms with Gasteiger partial charge >= 0.3 is 5.97 Å². The number of hydrogen-bond donors (Lipinski definition) is 1. The van der Waals surface area contributed by atoms with E-state index in [9.17, 15) is 9.18 Å². The number of hydrogen-bond acceptors (Lipinski definition) is 2. The van der Waals surface area contributed by atoms with E-state index >= 15 is 0 Å². The molecule has 1 rings (SSSR count). The molecule has 0 aliphatic heterocycles. The van der Waals surface area contributed by atoms with E-state index in [-0.39, 0.29) is 5.56 Å². The highest BCUT2D eigenvalue weighted by Gasteiger charge is 2.14. The molecule has 0 spiro atoms. The highest BCUT2D eigenvalue weighted by Crippen LogP contribution is 2.15. The van der Waals surface area contributed by atoms with Gasteiger partial charge < -0.3 is 5.11 Å². The molecule has 0 radical (unpaired) electrons. The molecule has 1 aromatic rings. The molecule has 1 atom stereocenters. The van der Waals surface area contributed by atoms with Gasteiger partial charge in [0.15, 0.2) is 0 Å². The second-order valence-electron chi connectivity index (χ2n) is 4.28. The van der Waals surface area contributed by atoms with Crippen LogP contribution in [0.5, 0.6) is 0 Å². The first-order chi connectivity index (χ1) is 7.95. The third kappa shape index (κ3) is 3.53. The van der Waals surface area contributed by atoms with Crippen LogP contribution in [0.4, 0.5) is 4.39 Å². The zero-order valence-corrected chi connectivity index (χ0v) is 10.4. The summed E-state index contributed by atoms with van der Waals surface area (Å²) in [5.74, 6) is -1.42. The van der Waals surface area contributed by atoms with Crippen molar-refractivity contribution in [3.63, 3.8) is 0 Å². The number of aromatic carboxylic acids is 1. The number of nitrogens with zero attached hydrogens (tertiary/aromatic N) is 1. The second kappa shape index (κ2) is 5.77. The largest absolute Gasteiger partial charge is 0.478 e. The van der Waals surface area contributed by atoms with Crippen LogP contribution in [0.2, 0.25) is 0 Å². The van der Waals surface area contributed by atoms with Gasteiger partial charge in [0, 0.05) is 12.6 Å². The lowest BCUT2D eigenvalue weighted by atomic mass is 10.1. The summed E-state index contributed by atoms with van der Waals surface area (Å²) in [6, 6.07) is 4.12. The first-order valence-electron chi connectivity index (χ1n) is 5.67. The normalized spacial score (nSPS) is 12.8. The molecule has 0 saturated heterocycles. The Kier molecular flexibility index (Phi) is 4.63. The third-order valence-electron chi connectivity index (χ3n) is 3.06. The first kappa shape index (κ1) is 13.6. The van der Waals surface area contributed by atoms with Crippen LogP contribution in [-0.4, -0.2) is 29.1 Å². The predicted octanol–water partition coefficient (Wildman–Crippen LogP) is 2.75. The Hall–Kier alpha value is -1.42. The van der Waals surface area contributed by atoms with Gasteiger partial charge in [0.05, 0.1) is 5.56 Å². The molecule has 1 unspecified atom stereocenters. The summed E-state index contributed by atoms with van der Waals surface area (Å²) in [4.78, 5) is 13.0. The topological polar surface area (TPSA) is 40.5 Å². The first-order valence-corrected chi connectivity index (χ1v) is 5.67. The average Bonchev–Trinajstić information content (AvgIpc) is 2.27. The number of rotatable bonds is 5. The minimum absolute atomic E-state index is 0.168. The van der Waals surface area contributed by atoms with Crippen LogP contribution in [0, 0.1) is 5.82 Å². The average molecular weight is 239 g/mol. The van der Waals surface area contributed by atoms with E-state index in [1.807, 2.05) is 11.9 Å². The highest BCUT2D eigenvalue weighted by atomic mass is 19.1. The molecule has 94 valence electrons. The minimum atomic E-state index is -1.02. The number of halogens is 1. The van der Waals surface area contributed by atoms with Gasteiger partial charge in [0.25, 0.3) is 0 Å². The third-order valence-corrected chi connectivity index (χ3v) is 3.06. The lowest BCUT2D eigenvalue weighted by Gasteiger charge is -2.24. The van der Waals surface area contributed by atoms with E-state index in [0.717, 1.165) is 6.42 Å². The Morgan fingerprint density at radius 3 is 2.71 bits per heavy atom. The zero-order valence-electron chi connectivity index (χ0n) is 10.4. The number of carbonyl (C=O) groups is 1. The molecule has 0 aromatic heterocycles. The highest BCUT2D eigenvalue weighted by molar-refractivity contribution is 5.89. The molecule has 0 heterocycles. The van der Waals surface area contributed by atoms with Crippen molar-refractivity contribution in [3.8, 4) is 0 Å². The fraction of sp³-hybridized carbons (Fsp3) is 0.462. The molecular weight excluding hydrogens is 221 g/mol. The Morgan fingerprint density at radius 1 is 1.53 bits per heavy atom. The summed E-state index contributed by atoms with van der Waals surface area (Å²) < 4.78 is 13.1. The molecule has 1 aromatic carbocycles. The lowest BCUT2D eigenvalue weighted by molar-refractivity contribution is 0.0694. The summed E-state index contributed by atoms with van der Waals surface area (Å²) in [7, 11) is 1.91. The van der Waals surface area contributed by atoms with Crippen molar-refractivity contribution in [2.45, 2.75) is 32.9 Å². The molecule has 0 aliphatic carbocycles. The quantitative estimate of drug-likeness (QED) is 0.859. The van der Waals surface area contributed by atoms with Gasteiger partial charge in [-0.3, -0.25) is 4.90 Å². The summed E-state index contributed by atoms with van der Waals surface area (Å²) in [5, 5.41) is 9.02. The van der Waals surface area contributed by atoms with Crippen LogP contribution in [0.1, 0.15) is 36.2 Å². The van der Waals surface area contributed by atoms with Crippen molar-refractivity contribution in [3.05, 3.63) is 35.1 Å². The fourth-order valence-corrected chi connectivity index (χ4v) is 1.64. The smallest absolute Gasteiger partial charge is 0.336 e. The molecular formula is C13H18FNO2. The molecule has 0 bridgehead atoms. The molecule has 17 heavy (non-hydrogen) atoms. The molecule has 4 heteroatoms. The predicted molar refractivity (Wildman–Crippen MR) is 64.6 cm³/mol. The standard InChI is InChI=1S/C13H18FNO2/c1-4-9(2)15(3)8-10-7-11(14)5-6-12(10)13(16)17/h5-7,9H,4,8H2,1-3H3,(H,16,17). The Labute approximate surface area is 101 Å². The molecule has 0 fully saturated rings. The van der Waals surface area contributed by atoms with E-state index < -0.39 is 11.8 Å². The summed E-state index contributed by atoms with van der Waals surface area (Å²) in [6.45, 7) is 4.55. The molecule has 1 N–H and O–H groups in total. The second-order valence-corrected chi connectivity index (χ2v) is 4.28. The Morgan fingerprint density at radius 2 is 2.18 bits per heavy atom. The van der Waals surface area contributed by atoms with Crippen LogP contribution in [0.3, 0.4) is 0 Å². The Balaban J connectivity index is 2.96. The monoisotopic (exact) mass is 239 g/mol. The number of benzene rings is 1. The van der Waals surface area contributed by atoms with E-state index in [2.05, 4.69) is 13.8 Å². The van der Waals surface area contributed by atoms with Gasteiger partial charge in [-0.15, -0.1) is 0 Å². The summed E-state index contributed by atoms with van der Waals surface area (Å²) in [6.07, 6.45) is 0.966. The van der Waals surface area contributed by atoms with Gasteiger partial charge in [0.1, 0.15) is 5.82 Å². The van der Waals surface area contributed by atoms with Crippen molar-refractivity contribution in [2.75, 3.05) is 7.05 Å². The van der Waals surface area contributed by atoms with Crippen LogP contribution < -0.4 is 0 Å². The van der Waals surface area contributed by atoms with Crippen molar-refractivity contribution in [1.29, 1.82) is 0 Å². The fourth-order valence-electron chi connectivity index (χ4n) is 1.64. The van der Waals surface area contributed by atoms with E-state index in [4.69, 9.17) is 5.11 Å². The van der Waals surface area contributed by atoms with Gasteiger partial charge in [-0.05, 0) is 44.2 Å². The van der Waals surface area contributed by atoms with Crippen molar-refractivity contribution >= 4 is 5.97 Å². The van der Waals surface area contributed by atoms with Crippen molar-refractivity contribution in [1.82, 2.24) is 4.90 Å². The van der Waals surface area contributed by atoms with Gasteiger partial charge in [-0.2, -0.15) is 0 Å². The number of carboxylic acids is 1. The Bertz CT molecular complexity index is 406. The molecule has 3 nitrogen and oxygen atoms in total. The van der Waals surface area contributed by atoms with Gasteiger partial charge in [0.2, 0.25) is 0 Å². The summed E-state index contributed by atoms with van der Waals surface area (Å²) >= 11 is 0. The maximum absolute atomic E-state index is 13.1. The van der Waals surface area contributed by atoms with E-state index in [1.54, 1.807) is 0 Å². The van der Waals surface area contributed by atoms with Crippen LogP contribution in [0.25, 0.3) is 0 Å². The lowest BCUT2D eigenvalue weighted by Crippen LogP contribution is -2.28. The van der Waals surface area contributed by atoms with Crippen molar-refractivity contribution in [2.24, 2.45) is 0 Å². The maximum Gasteiger partial charge on any atom is 0.336 e. The van der Waals surface area contributed by atoms with E-state index in [1.165, 1.54) is 18.2 Å². The number of carboxylic acid groups (broad SMARTS) is 1. The zero-order chi connectivity index (χ0) is 13.0. The van der Waals surface area contributed by atoms with Crippen LogP contribution in [-0.2, 0) is 6.54 Å². The van der Waals surface area contributed by atoms with Crippen LogP contribution in [0.15, 0.2) is 18.2 Å². The van der Waals surface area contributed by atoms with Crippen LogP contribution >= 0.6 is 0 Å². The summed E-state index contributed by atoms with van der Waals surface area (Å²) in [5.41, 5.74) is 0.682.